The van der Waals surface area contributed by atoms with Gasteiger partial charge < -0.3 is 15.0 Å². The zero-order chi connectivity index (χ0) is 24.9. The number of aliphatic carboxylic acids is 1. The van der Waals surface area contributed by atoms with E-state index in [-0.39, 0.29) is 6.16 Å². The molecule has 0 heterocycles. The average Bonchev–Trinajstić information content (AvgIpc) is 2.90. The minimum atomic E-state index is -3.52. The number of hydrogen-bond acceptors (Lipinski definition) is 3. The highest BCUT2D eigenvalue weighted by Gasteiger charge is 2.48. The first-order valence-corrected chi connectivity index (χ1v) is 13.1. The van der Waals surface area contributed by atoms with Crippen LogP contribution in [0.5, 0.6) is 0 Å². The van der Waals surface area contributed by atoms with Gasteiger partial charge in [0.25, 0.3) is 5.91 Å². The van der Waals surface area contributed by atoms with E-state index in [1.165, 1.54) is 0 Å². The molecule has 2 N–H and O–H groups in total. The molecule has 1 atom stereocenters. The van der Waals surface area contributed by atoms with E-state index in [1.807, 2.05) is 19.1 Å². The first-order chi connectivity index (χ1) is 16.8. The number of carboxylic acid groups (broad SMARTS) is 1. The van der Waals surface area contributed by atoms with Crippen molar-refractivity contribution >= 4 is 29.6 Å². The Morgan fingerprint density at radius 2 is 1.20 bits per heavy atom. The summed E-state index contributed by atoms with van der Waals surface area (Å²) in [5, 5.41) is 14.5. The van der Waals surface area contributed by atoms with Gasteiger partial charge in [0.05, 0.1) is 0 Å². The number of rotatable bonds is 8. The fourth-order valence-corrected chi connectivity index (χ4v) is 7.18. The molecule has 0 saturated heterocycles. The fourth-order valence-electron chi connectivity index (χ4n) is 4.14. The van der Waals surface area contributed by atoms with Crippen molar-refractivity contribution in [2.75, 3.05) is 6.16 Å². The molecule has 5 nitrogen and oxygen atoms in total. The van der Waals surface area contributed by atoms with E-state index in [9.17, 15) is 19.3 Å². The van der Waals surface area contributed by atoms with Gasteiger partial charge in [-0.1, -0.05) is 109 Å². The zero-order valence-electron chi connectivity index (χ0n) is 19.3. The Kier molecular flexibility index (Phi) is 6.99. The van der Waals surface area contributed by atoms with Crippen molar-refractivity contribution in [3.63, 3.8) is 0 Å². The van der Waals surface area contributed by atoms with Crippen molar-refractivity contribution in [1.29, 1.82) is 0 Å². The third-order valence-corrected chi connectivity index (χ3v) is 9.26. The number of nitrogens with one attached hydrogen (secondary N) is 1. The molecule has 1 amide bonds. The quantitative estimate of drug-likeness (QED) is 0.355. The molecular weight excluding hydrogens is 457 g/mol. The minimum absolute atomic E-state index is 0.325. The van der Waals surface area contributed by atoms with Gasteiger partial charge >= 0.3 is 5.97 Å². The summed E-state index contributed by atoms with van der Waals surface area (Å²) >= 11 is 0. The first-order valence-electron chi connectivity index (χ1n) is 11.2. The lowest BCUT2D eigenvalue weighted by atomic mass is 9.91. The van der Waals surface area contributed by atoms with Crippen molar-refractivity contribution in [3.05, 3.63) is 132 Å². The topological polar surface area (TPSA) is 83.5 Å². The van der Waals surface area contributed by atoms with Gasteiger partial charge in [-0.15, -0.1) is 0 Å². The van der Waals surface area contributed by atoms with Gasteiger partial charge in [-0.2, -0.15) is 0 Å². The summed E-state index contributed by atoms with van der Waals surface area (Å²) in [7, 11) is -3.52. The Morgan fingerprint density at radius 1 is 0.743 bits per heavy atom. The number of carbonyl (C=O) groups is 2. The molecule has 0 aliphatic heterocycles. The van der Waals surface area contributed by atoms with Crippen LogP contribution in [0.25, 0.3) is 0 Å². The molecule has 0 radical (unpaired) electrons. The highest BCUT2D eigenvalue weighted by Crippen LogP contribution is 2.48. The van der Waals surface area contributed by atoms with Gasteiger partial charge in [0, 0.05) is 22.3 Å². The number of carbonyl (C=O) groups excluding carboxylic acids is 1. The summed E-state index contributed by atoms with van der Waals surface area (Å²) in [5.74, 6) is -1.83. The minimum Gasteiger partial charge on any atom is -0.479 e. The number of benzene rings is 4. The van der Waals surface area contributed by atoms with E-state index in [1.54, 1.807) is 103 Å². The largest absolute Gasteiger partial charge is 0.479 e. The van der Waals surface area contributed by atoms with Crippen LogP contribution in [0.15, 0.2) is 115 Å². The molecule has 4 rings (SSSR count). The SMILES string of the molecule is Cc1ccc(C(=O)NC(CP(=O)(c2ccccc2)c2ccccc2)(C(=O)O)c2ccccc2)cc1. The molecule has 0 aliphatic rings. The summed E-state index contributed by atoms with van der Waals surface area (Å²) in [6, 6.07) is 33.1. The molecule has 0 bridgehead atoms. The maximum absolute atomic E-state index is 14.9. The molecule has 0 aromatic heterocycles. The van der Waals surface area contributed by atoms with E-state index in [2.05, 4.69) is 5.32 Å². The Morgan fingerprint density at radius 3 is 1.66 bits per heavy atom. The van der Waals surface area contributed by atoms with Gasteiger partial charge in [0.2, 0.25) is 0 Å². The van der Waals surface area contributed by atoms with E-state index < -0.39 is 24.6 Å². The number of carboxylic acids is 1. The molecule has 176 valence electrons. The lowest BCUT2D eigenvalue weighted by Gasteiger charge is -2.35. The van der Waals surface area contributed by atoms with Crippen molar-refractivity contribution in [2.45, 2.75) is 12.5 Å². The summed E-state index contributed by atoms with van der Waals surface area (Å²) in [6.45, 7) is 1.91. The van der Waals surface area contributed by atoms with E-state index >= 15 is 0 Å². The van der Waals surface area contributed by atoms with E-state index in [0.29, 0.717) is 21.7 Å². The number of hydrogen-bond donors (Lipinski definition) is 2. The van der Waals surface area contributed by atoms with Crippen LogP contribution in [0.3, 0.4) is 0 Å². The van der Waals surface area contributed by atoms with E-state index in [0.717, 1.165) is 5.56 Å². The maximum Gasteiger partial charge on any atom is 0.334 e. The van der Waals surface area contributed by atoms with Crippen LogP contribution in [0, 0.1) is 6.92 Å². The Hall–Kier alpha value is -3.95. The predicted molar refractivity (Wildman–Crippen MR) is 139 cm³/mol. The summed E-state index contributed by atoms with van der Waals surface area (Å²) in [4.78, 5) is 26.4. The van der Waals surface area contributed by atoms with Crippen LogP contribution in [0.2, 0.25) is 0 Å². The molecule has 0 spiro atoms. The lowest BCUT2D eigenvalue weighted by molar-refractivity contribution is -0.144. The standard InChI is InChI=1S/C29H26NO4P/c1-22-17-19-23(20-18-22)27(31)30-29(28(32)33,24-11-5-2-6-12-24)21-35(34,25-13-7-3-8-14-25)26-15-9-4-10-16-26/h2-20H,21H2,1H3,(H,30,31)(H,32,33). The lowest BCUT2D eigenvalue weighted by Crippen LogP contribution is -2.55. The van der Waals surface area contributed by atoms with Gasteiger partial charge in [-0.05, 0) is 24.6 Å². The Bertz CT molecular complexity index is 1310. The van der Waals surface area contributed by atoms with E-state index in [4.69, 9.17) is 0 Å². The zero-order valence-corrected chi connectivity index (χ0v) is 20.2. The molecule has 4 aromatic rings. The van der Waals surface area contributed by atoms with Crippen LogP contribution in [-0.4, -0.2) is 23.1 Å². The fraction of sp³-hybridized carbons (Fsp3) is 0.103. The van der Waals surface area contributed by atoms with Crippen molar-refractivity contribution in [1.82, 2.24) is 5.32 Å². The second-order valence-corrected chi connectivity index (χ2v) is 11.3. The highest BCUT2D eigenvalue weighted by molar-refractivity contribution is 7.78. The average molecular weight is 484 g/mol. The molecule has 1 unspecified atom stereocenters. The Labute approximate surface area is 204 Å². The van der Waals surface area contributed by atoms with Crippen LogP contribution < -0.4 is 15.9 Å². The summed E-state index contributed by atoms with van der Waals surface area (Å²) < 4.78 is 14.9. The van der Waals surface area contributed by atoms with Gasteiger partial charge in [-0.25, -0.2) is 4.79 Å². The van der Waals surface area contributed by atoms with Crippen LogP contribution in [0.1, 0.15) is 21.5 Å². The summed E-state index contributed by atoms with van der Waals surface area (Å²) in [6.07, 6.45) is -0.328. The highest BCUT2D eigenvalue weighted by atomic mass is 31.2. The van der Waals surface area contributed by atoms with Crippen LogP contribution in [-0.2, 0) is 14.9 Å². The second-order valence-electron chi connectivity index (χ2n) is 8.47. The third-order valence-electron chi connectivity index (χ3n) is 6.08. The van der Waals surface area contributed by atoms with Gasteiger partial charge in [0.15, 0.2) is 5.54 Å². The molecule has 0 fully saturated rings. The van der Waals surface area contributed by atoms with Crippen LogP contribution in [0.4, 0.5) is 0 Å². The molecule has 0 saturated carbocycles. The summed E-state index contributed by atoms with van der Waals surface area (Å²) in [5.41, 5.74) is -0.289. The van der Waals surface area contributed by atoms with Gasteiger partial charge in [-0.3, -0.25) is 4.79 Å². The number of amides is 1. The predicted octanol–water partition coefficient (Wildman–Crippen LogP) is 4.72. The molecule has 4 aromatic carbocycles. The smallest absolute Gasteiger partial charge is 0.334 e. The van der Waals surface area contributed by atoms with Crippen molar-refractivity contribution in [2.24, 2.45) is 0 Å². The van der Waals surface area contributed by atoms with Crippen molar-refractivity contribution < 1.29 is 19.3 Å². The molecule has 6 heteroatoms. The monoisotopic (exact) mass is 483 g/mol. The Balaban J connectivity index is 1.90. The van der Waals surface area contributed by atoms with Gasteiger partial charge in [0.1, 0.15) is 7.14 Å². The maximum atomic E-state index is 14.9. The molecule has 35 heavy (non-hydrogen) atoms. The third kappa shape index (κ3) is 4.96. The first kappa shape index (κ1) is 24.2. The normalized spacial score (nSPS) is 12.9. The molecular formula is C29H26NO4P. The second kappa shape index (κ2) is 10.1. The van der Waals surface area contributed by atoms with Crippen LogP contribution >= 0.6 is 7.14 Å². The number of aryl methyl sites for hydroxylation is 1. The molecule has 0 aliphatic carbocycles. The van der Waals surface area contributed by atoms with Crippen molar-refractivity contribution in [3.8, 4) is 0 Å².